The minimum absolute atomic E-state index is 0.0334. The summed E-state index contributed by atoms with van der Waals surface area (Å²) in [5.74, 6) is -2.91. The van der Waals surface area contributed by atoms with E-state index >= 15 is 0 Å². The molecule has 7 heteroatoms. The predicted molar refractivity (Wildman–Crippen MR) is 66.7 cm³/mol. The standard InChI is InChI=1S/C14H12F3NO3/c1-2-20-12(19)11-10(8-9-6-4-3-5-7-9)18-13(21-11)14(15,16)17/h3-7H,2,8H2,1H3. The number of alkyl halides is 3. The number of nitrogens with zero attached hydrogens (tertiary/aromatic N) is 1. The van der Waals surface area contributed by atoms with E-state index in [0.717, 1.165) is 0 Å². The van der Waals surface area contributed by atoms with Crippen molar-refractivity contribution in [3.63, 3.8) is 0 Å². The van der Waals surface area contributed by atoms with E-state index in [2.05, 4.69) is 9.40 Å². The predicted octanol–water partition coefficient (Wildman–Crippen LogP) is 3.46. The zero-order valence-corrected chi connectivity index (χ0v) is 11.1. The molecule has 0 N–H and O–H groups in total. The van der Waals surface area contributed by atoms with Gasteiger partial charge in [-0.25, -0.2) is 9.78 Å². The Morgan fingerprint density at radius 2 is 1.95 bits per heavy atom. The van der Waals surface area contributed by atoms with Gasteiger partial charge in [-0.1, -0.05) is 30.3 Å². The molecule has 0 fully saturated rings. The Bertz CT molecular complexity index is 620. The Morgan fingerprint density at radius 1 is 1.29 bits per heavy atom. The molecule has 0 unspecified atom stereocenters. The Balaban J connectivity index is 2.37. The Labute approximate surface area is 118 Å². The van der Waals surface area contributed by atoms with Gasteiger partial charge in [-0.15, -0.1) is 0 Å². The van der Waals surface area contributed by atoms with Gasteiger partial charge in [0.2, 0.25) is 5.76 Å². The fourth-order valence-corrected chi connectivity index (χ4v) is 1.74. The van der Waals surface area contributed by atoms with Crippen LogP contribution in [-0.2, 0) is 17.3 Å². The van der Waals surface area contributed by atoms with Crippen molar-refractivity contribution < 1.29 is 27.1 Å². The van der Waals surface area contributed by atoms with E-state index in [4.69, 9.17) is 4.74 Å². The van der Waals surface area contributed by atoms with Crippen molar-refractivity contribution in [3.05, 3.63) is 53.2 Å². The molecule has 0 atom stereocenters. The molecule has 112 valence electrons. The lowest BCUT2D eigenvalue weighted by molar-refractivity contribution is -0.157. The first-order valence-electron chi connectivity index (χ1n) is 6.19. The average Bonchev–Trinajstić information content (AvgIpc) is 2.84. The highest BCUT2D eigenvalue weighted by Crippen LogP contribution is 2.31. The molecular formula is C14H12F3NO3. The summed E-state index contributed by atoms with van der Waals surface area (Å²) in [7, 11) is 0. The maximum atomic E-state index is 12.7. The summed E-state index contributed by atoms with van der Waals surface area (Å²) in [4.78, 5) is 15.1. The van der Waals surface area contributed by atoms with Gasteiger partial charge in [-0.05, 0) is 12.5 Å². The van der Waals surface area contributed by atoms with E-state index in [-0.39, 0.29) is 18.7 Å². The van der Waals surface area contributed by atoms with E-state index in [1.807, 2.05) is 0 Å². The minimum Gasteiger partial charge on any atom is -0.460 e. The van der Waals surface area contributed by atoms with Crippen molar-refractivity contribution in [1.82, 2.24) is 4.98 Å². The second-order valence-electron chi connectivity index (χ2n) is 4.18. The third kappa shape index (κ3) is 3.62. The van der Waals surface area contributed by atoms with Crippen LogP contribution in [0.4, 0.5) is 13.2 Å². The fraction of sp³-hybridized carbons (Fsp3) is 0.286. The first-order chi connectivity index (χ1) is 9.91. The highest BCUT2D eigenvalue weighted by atomic mass is 19.4. The molecule has 2 aromatic rings. The van der Waals surface area contributed by atoms with Crippen LogP contribution in [0, 0.1) is 0 Å². The number of benzene rings is 1. The van der Waals surface area contributed by atoms with Gasteiger partial charge in [0.15, 0.2) is 0 Å². The molecule has 0 amide bonds. The smallest absolute Gasteiger partial charge is 0.460 e. The van der Waals surface area contributed by atoms with Gasteiger partial charge in [-0.2, -0.15) is 13.2 Å². The Morgan fingerprint density at radius 3 is 2.52 bits per heavy atom. The third-order valence-corrected chi connectivity index (χ3v) is 2.62. The number of carbonyl (C=O) groups is 1. The molecule has 0 bridgehead atoms. The lowest BCUT2D eigenvalue weighted by Gasteiger charge is -2.01. The first-order valence-corrected chi connectivity index (χ1v) is 6.19. The zero-order chi connectivity index (χ0) is 15.5. The molecule has 21 heavy (non-hydrogen) atoms. The molecule has 0 saturated carbocycles. The highest BCUT2D eigenvalue weighted by molar-refractivity contribution is 5.87. The highest BCUT2D eigenvalue weighted by Gasteiger charge is 2.39. The quantitative estimate of drug-likeness (QED) is 0.811. The van der Waals surface area contributed by atoms with Gasteiger partial charge in [0.05, 0.1) is 12.3 Å². The molecule has 0 radical (unpaired) electrons. The van der Waals surface area contributed by atoms with Crippen molar-refractivity contribution >= 4 is 5.97 Å². The Kier molecular flexibility index (Phi) is 4.30. The molecule has 0 saturated heterocycles. The van der Waals surface area contributed by atoms with E-state index < -0.39 is 23.8 Å². The molecule has 1 heterocycles. The van der Waals surface area contributed by atoms with Crippen LogP contribution >= 0.6 is 0 Å². The van der Waals surface area contributed by atoms with Crippen LogP contribution in [0.25, 0.3) is 0 Å². The second-order valence-corrected chi connectivity index (χ2v) is 4.18. The van der Waals surface area contributed by atoms with Crippen LogP contribution in [0.1, 0.15) is 34.6 Å². The molecule has 0 aliphatic rings. The molecular weight excluding hydrogens is 287 g/mol. The van der Waals surface area contributed by atoms with Gasteiger partial charge in [0, 0.05) is 6.42 Å². The topological polar surface area (TPSA) is 52.3 Å². The van der Waals surface area contributed by atoms with Gasteiger partial charge in [0.1, 0.15) is 0 Å². The van der Waals surface area contributed by atoms with E-state index in [1.54, 1.807) is 37.3 Å². The maximum Gasteiger partial charge on any atom is 0.468 e. The lowest BCUT2D eigenvalue weighted by Crippen LogP contribution is -2.07. The maximum absolute atomic E-state index is 12.7. The SMILES string of the molecule is CCOC(=O)c1oc(C(F)(F)F)nc1Cc1ccccc1. The molecule has 0 aliphatic heterocycles. The summed E-state index contributed by atoms with van der Waals surface area (Å²) < 4.78 is 47.2. The summed E-state index contributed by atoms with van der Waals surface area (Å²) >= 11 is 0. The number of esters is 1. The molecule has 0 spiro atoms. The zero-order valence-electron chi connectivity index (χ0n) is 11.1. The van der Waals surface area contributed by atoms with Crippen molar-refractivity contribution in [2.24, 2.45) is 0 Å². The van der Waals surface area contributed by atoms with Gasteiger partial charge < -0.3 is 9.15 Å². The van der Waals surface area contributed by atoms with Crippen LogP contribution in [-0.4, -0.2) is 17.6 Å². The van der Waals surface area contributed by atoms with Crippen molar-refractivity contribution in [3.8, 4) is 0 Å². The van der Waals surface area contributed by atoms with Gasteiger partial charge in [-0.3, -0.25) is 0 Å². The average molecular weight is 299 g/mol. The van der Waals surface area contributed by atoms with E-state index in [1.165, 1.54) is 0 Å². The molecule has 1 aromatic carbocycles. The van der Waals surface area contributed by atoms with E-state index in [0.29, 0.717) is 5.56 Å². The van der Waals surface area contributed by atoms with Gasteiger partial charge in [0.25, 0.3) is 0 Å². The van der Waals surface area contributed by atoms with Crippen molar-refractivity contribution in [2.75, 3.05) is 6.61 Å². The number of hydrogen-bond acceptors (Lipinski definition) is 4. The minimum atomic E-state index is -4.75. The molecule has 0 aliphatic carbocycles. The number of aromatic nitrogens is 1. The van der Waals surface area contributed by atoms with Crippen molar-refractivity contribution in [2.45, 2.75) is 19.5 Å². The summed E-state index contributed by atoms with van der Waals surface area (Å²) in [6, 6.07) is 8.70. The van der Waals surface area contributed by atoms with Crippen LogP contribution in [0.5, 0.6) is 0 Å². The molecule has 2 rings (SSSR count). The van der Waals surface area contributed by atoms with Crippen LogP contribution in [0.15, 0.2) is 34.7 Å². The summed E-state index contributed by atoms with van der Waals surface area (Å²) in [5.41, 5.74) is 0.622. The Hall–Kier alpha value is -2.31. The summed E-state index contributed by atoms with van der Waals surface area (Å²) in [6.45, 7) is 1.58. The lowest BCUT2D eigenvalue weighted by atomic mass is 10.1. The van der Waals surface area contributed by atoms with Crippen molar-refractivity contribution in [1.29, 1.82) is 0 Å². The molecule has 1 aromatic heterocycles. The number of hydrogen-bond donors (Lipinski definition) is 0. The van der Waals surface area contributed by atoms with Crippen LogP contribution in [0.2, 0.25) is 0 Å². The van der Waals surface area contributed by atoms with E-state index in [9.17, 15) is 18.0 Å². The number of ether oxygens (including phenoxy) is 1. The summed E-state index contributed by atoms with van der Waals surface area (Å²) in [5, 5.41) is 0. The van der Waals surface area contributed by atoms with Crippen LogP contribution < -0.4 is 0 Å². The molecule has 4 nitrogen and oxygen atoms in total. The number of rotatable bonds is 4. The second kappa shape index (κ2) is 5.99. The van der Waals surface area contributed by atoms with Gasteiger partial charge >= 0.3 is 18.0 Å². The normalized spacial score (nSPS) is 11.4. The third-order valence-electron chi connectivity index (χ3n) is 2.62. The van der Waals surface area contributed by atoms with Crippen LogP contribution in [0.3, 0.4) is 0 Å². The monoisotopic (exact) mass is 299 g/mol. The number of oxazole rings is 1. The first kappa shape index (κ1) is 15.1. The summed E-state index contributed by atoms with van der Waals surface area (Å²) in [6.07, 6.45) is -4.70. The number of halogens is 3. The fourth-order valence-electron chi connectivity index (χ4n) is 1.74. The number of carbonyl (C=O) groups excluding carboxylic acids is 1. The largest absolute Gasteiger partial charge is 0.468 e.